The molecule has 0 aromatic rings. The lowest BCUT2D eigenvalue weighted by Crippen LogP contribution is -2.01. The summed E-state index contributed by atoms with van der Waals surface area (Å²) in [6, 6.07) is 0. The van der Waals surface area contributed by atoms with Crippen LogP contribution in [-0.4, -0.2) is 13.0 Å². The van der Waals surface area contributed by atoms with Crippen LogP contribution >= 0.6 is 0 Å². The van der Waals surface area contributed by atoms with Crippen molar-refractivity contribution in [2.75, 3.05) is 0 Å². The predicted octanol–water partition coefficient (Wildman–Crippen LogP) is 4.79. The van der Waals surface area contributed by atoms with Gasteiger partial charge in [-0.1, -0.05) is 83.5 Å². The zero-order valence-corrected chi connectivity index (χ0v) is 14.5. The first-order valence-electron chi connectivity index (χ1n) is 8.36. The lowest BCUT2D eigenvalue weighted by Gasteiger charge is -2.01. The second-order valence-corrected chi connectivity index (χ2v) is 6.49. The van der Waals surface area contributed by atoms with Crippen molar-refractivity contribution in [2.45, 2.75) is 90.4 Å². The smallest absolute Gasteiger partial charge is 0.264 e. The van der Waals surface area contributed by atoms with Crippen molar-refractivity contribution >= 4 is 10.4 Å². The van der Waals surface area contributed by atoms with Crippen molar-refractivity contribution in [3.05, 3.63) is 0 Å². The summed E-state index contributed by atoms with van der Waals surface area (Å²) in [6.07, 6.45) is 18.1. The minimum Gasteiger partial charge on any atom is -0.264 e. The Bertz CT molecular complexity index is 394. The SMILES string of the molecule is CCCCCCCCCCCCCCC#COOS(=O)(=O)O. The molecule has 0 aromatic heterocycles. The van der Waals surface area contributed by atoms with E-state index in [1.165, 1.54) is 64.2 Å². The third-order valence-electron chi connectivity index (χ3n) is 3.39. The van der Waals surface area contributed by atoms with Crippen molar-refractivity contribution in [3.63, 3.8) is 0 Å². The molecule has 1 N–H and O–H groups in total. The van der Waals surface area contributed by atoms with Gasteiger partial charge in [-0.2, -0.15) is 8.42 Å². The van der Waals surface area contributed by atoms with Gasteiger partial charge < -0.3 is 0 Å². The van der Waals surface area contributed by atoms with Crippen molar-refractivity contribution in [1.29, 1.82) is 0 Å². The highest BCUT2D eigenvalue weighted by Crippen LogP contribution is 2.12. The molecule has 0 saturated heterocycles. The van der Waals surface area contributed by atoms with Crippen LogP contribution in [0.5, 0.6) is 0 Å². The molecule has 0 aromatic carbocycles. The lowest BCUT2D eigenvalue weighted by atomic mass is 10.0. The van der Waals surface area contributed by atoms with Gasteiger partial charge in [-0.25, -0.2) is 0 Å². The van der Waals surface area contributed by atoms with Crippen LogP contribution in [0.4, 0.5) is 0 Å². The first-order valence-corrected chi connectivity index (χ1v) is 9.73. The van der Waals surface area contributed by atoms with E-state index in [0.29, 0.717) is 6.42 Å². The van der Waals surface area contributed by atoms with Gasteiger partial charge in [-0.3, -0.25) is 9.44 Å². The second kappa shape index (κ2) is 15.1. The summed E-state index contributed by atoms with van der Waals surface area (Å²) >= 11 is 0. The maximum Gasteiger partial charge on any atom is 0.433 e. The molecule has 0 rings (SSSR count). The fraction of sp³-hybridized carbons (Fsp3) is 0.875. The summed E-state index contributed by atoms with van der Waals surface area (Å²) in [5.74, 6) is 2.62. The van der Waals surface area contributed by atoms with Gasteiger partial charge in [-0.15, -0.1) is 0 Å². The lowest BCUT2D eigenvalue weighted by molar-refractivity contribution is -0.135. The summed E-state index contributed by atoms with van der Waals surface area (Å²) in [7, 11) is -4.57. The first-order chi connectivity index (χ1) is 10.6. The summed E-state index contributed by atoms with van der Waals surface area (Å²) in [4.78, 5) is 4.01. The highest BCUT2D eigenvalue weighted by Gasteiger charge is 2.03. The van der Waals surface area contributed by atoms with Crippen LogP contribution in [0.2, 0.25) is 0 Å². The molecule has 0 aliphatic rings. The molecular weight excluding hydrogens is 304 g/mol. The van der Waals surface area contributed by atoms with Gasteiger partial charge in [0.2, 0.25) is 0 Å². The summed E-state index contributed by atoms with van der Waals surface area (Å²) in [5.41, 5.74) is 0. The maximum absolute atomic E-state index is 10.1. The molecule has 0 atom stereocenters. The van der Waals surface area contributed by atoms with Crippen molar-refractivity contribution in [1.82, 2.24) is 0 Å². The Labute approximate surface area is 135 Å². The molecule has 0 fully saturated rings. The Morgan fingerprint density at radius 3 is 1.73 bits per heavy atom. The molecule has 0 amide bonds. The molecule has 0 spiro atoms. The average molecular weight is 334 g/mol. The highest BCUT2D eigenvalue weighted by atomic mass is 32.3. The Morgan fingerprint density at radius 1 is 0.818 bits per heavy atom. The van der Waals surface area contributed by atoms with E-state index in [-0.39, 0.29) is 0 Å². The summed E-state index contributed by atoms with van der Waals surface area (Å²) in [6.45, 7) is 2.24. The molecule has 6 heteroatoms. The molecule has 0 radical (unpaired) electrons. The summed E-state index contributed by atoms with van der Waals surface area (Å²) in [5, 5.41) is 0. The molecule has 0 bridgehead atoms. The molecule has 22 heavy (non-hydrogen) atoms. The van der Waals surface area contributed by atoms with E-state index in [1.54, 1.807) is 0 Å². The Morgan fingerprint density at radius 2 is 1.27 bits per heavy atom. The van der Waals surface area contributed by atoms with E-state index in [1.807, 2.05) is 0 Å². The van der Waals surface area contributed by atoms with E-state index in [0.717, 1.165) is 12.8 Å². The highest BCUT2D eigenvalue weighted by molar-refractivity contribution is 7.80. The van der Waals surface area contributed by atoms with E-state index >= 15 is 0 Å². The minimum absolute atomic E-state index is 0.631. The fourth-order valence-electron chi connectivity index (χ4n) is 2.19. The zero-order valence-electron chi connectivity index (χ0n) is 13.7. The largest absolute Gasteiger partial charge is 0.433 e. The molecule has 0 aliphatic heterocycles. The third kappa shape index (κ3) is 19.2. The normalized spacial score (nSPS) is 11.0. The van der Waals surface area contributed by atoms with Gasteiger partial charge in [0.1, 0.15) is 0 Å². The monoisotopic (exact) mass is 334 g/mol. The second-order valence-electron chi connectivity index (χ2n) is 5.50. The van der Waals surface area contributed by atoms with Gasteiger partial charge in [0.25, 0.3) is 0 Å². The quantitative estimate of drug-likeness (QED) is 0.162. The predicted molar refractivity (Wildman–Crippen MR) is 87.2 cm³/mol. The number of hydrogen-bond acceptors (Lipinski definition) is 4. The van der Waals surface area contributed by atoms with Crippen molar-refractivity contribution in [2.24, 2.45) is 0 Å². The maximum atomic E-state index is 10.1. The van der Waals surface area contributed by atoms with Crippen molar-refractivity contribution < 1.29 is 22.2 Å². The van der Waals surface area contributed by atoms with Crippen LogP contribution in [0.1, 0.15) is 90.4 Å². The Hall–Kier alpha value is -0.770. The van der Waals surface area contributed by atoms with Crippen LogP contribution in [0.3, 0.4) is 0 Å². The molecule has 0 heterocycles. The molecule has 130 valence electrons. The molecule has 0 aliphatic carbocycles. The van der Waals surface area contributed by atoms with Gasteiger partial charge in [0.05, 0.1) is 0 Å². The molecule has 5 nitrogen and oxygen atoms in total. The van der Waals surface area contributed by atoms with Crippen molar-refractivity contribution in [3.8, 4) is 12.0 Å². The van der Waals surface area contributed by atoms with E-state index < -0.39 is 10.4 Å². The van der Waals surface area contributed by atoms with Crippen LogP contribution in [0, 0.1) is 12.0 Å². The zero-order chi connectivity index (χ0) is 16.5. The van der Waals surface area contributed by atoms with Gasteiger partial charge in [0.15, 0.2) is 6.11 Å². The van der Waals surface area contributed by atoms with E-state index in [4.69, 9.17) is 4.55 Å². The molecule has 0 saturated carbocycles. The number of hydrogen-bond donors (Lipinski definition) is 1. The third-order valence-corrected chi connectivity index (χ3v) is 3.63. The van der Waals surface area contributed by atoms with Crippen LogP contribution in [0.25, 0.3) is 0 Å². The minimum atomic E-state index is -4.57. The molecular formula is C16H30O5S. The molecule has 0 unspecified atom stereocenters. The van der Waals surface area contributed by atoms with Gasteiger partial charge in [0, 0.05) is 6.42 Å². The fourth-order valence-corrected chi connectivity index (χ4v) is 2.31. The average Bonchev–Trinajstić information content (AvgIpc) is 2.45. The van der Waals surface area contributed by atoms with E-state index in [2.05, 4.69) is 28.2 Å². The number of rotatable bonds is 14. The number of unbranched alkanes of at least 4 members (excludes halogenated alkanes) is 12. The van der Waals surface area contributed by atoms with Crippen LogP contribution in [0.15, 0.2) is 0 Å². The van der Waals surface area contributed by atoms with Gasteiger partial charge in [-0.05, 0) is 10.8 Å². The van der Waals surface area contributed by atoms with E-state index in [9.17, 15) is 8.42 Å². The standard InChI is InChI=1S/C16H30O5S/c1-2-3-4-5-6-7-8-9-10-11-12-13-14-15-16-20-21-22(17,18)19/h2-14H2,1H3,(H,17,18,19). The summed E-state index contributed by atoms with van der Waals surface area (Å²) < 4.78 is 32.0. The van der Waals surface area contributed by atoms with Gasteiger partial charge >= 0.3 is 10.4 Å². The first kappa shape index (κ1) is 21.2. The Kier molecular flexibility index (Phi) is 14.6. The Balaban J connectivity index is 3.16. The topological polar surface area (TPSA) is 72.8 Å². The van der Waals surface area contributed by atoms with Crippen LogP contribution < -0.4 is 0 Å². The van der Waals surface area contributed by atoms with Crippen LogP contribution in [-0.2, 0) is 19.6 Å².